The molecule has 0 heterocycles. The average Bonchev–Trinajstić information content (AvgIpc) is 2.84. The van der Waals surface area contributed by atoms with E-state index in [0.29, 0.717) is 6.54 Å². The largest absolute Gasteiger partial charge is 0.493 e. The highest BCUT2D eigenvalue weighted by Gasteiger charge is 2.20. The van der Waals surface area contributed by atoms with E-state index in [9.17, 15) is 0 Å². The number of ether oxygens (including phenoxy) is 2. The average molecular weight is 237 g/mol. The molecule has 0 amide bonds. The van der Waals surface area contributed by atoms with Gasteiger partial charge in [-0.3, -0.25) is 0 Å². The maximum absolute atomic E-state index is 8.82. The monoisotopic (exact) mass is 237 g/mol. The molecule has 1 aromatic carbocycles. The van der Waals surface area contributed by atoms with Gasteiger partial charge in [-0.25, -0.2) is 5.48 Å². The third-order valence-corrected chi connectivity index (χ3v) is 3.14. The van der Waals surface area contributed by atoms with Crippen LogP contribution >= 0.6 is 0 Å². The zero-order chi connectivity index (χ0) is 12.1. The predicted octanol–water partition coefficient (Wildman–Crippen LogP) is 2.50. The van der Waals surface area contributed by atoms with E-state index in [-0.39, 0.29) is 6.10 Å². The van der Waals surface area contributed by atoms with Crippen molar-refractivity contribution in [1.82, 2.24) is 5.48 Å². The highest BCUT2D eigenvalue weighted by atomic mass is 16.5. The van der Waals surface area contributed by atoms with Crippen molar-refractivity contribution < 1.29 is 14.7 Å². The predicted molar refractivity (Wildman–Crippen MR) is 64.5 cm³/mol. The maximum Gasteiger partial charge on any atom is 0.166 e. The van der Waals surface area contributed by atoms with Crippen LogP contribution in [0.4, 0.5) is 0 Å². The van der Waals surface area contributed by atoms with Gasteiger partial charge in [0.25, 0.3) is 0 Å². The molecule has 2 N–H and O–H groups in total. The SMILES string of the molecule is COc1cccc(CNO)c1OC1CCCC1. The summed E-state index contributed by atoms with van der Waals surface area (Å²) < 4.78 is 11.3. The summed E-state index contributed by atoms with van der Waals surface area (Å²) in [6.45, 7) is 0.360. The summed E-state index contributed by atoms with van der Waals surface area (Å²) in [6, 6.07) is 5.70. The van der Waals surface area contributed by atoms with Gasteiger partial charge >= 0.3 is 0 Å². The van der Waals surface area contributed by atoms with Crippen molar-refractivity contribution in [2.75, 3.05) is 7.11 Å². The third-order valence-electron chi connectivity index (χ3n) is 3.14. The normalized spacial score (nSPS) is 16.1. The second-order valence-corrected chi connectivity index (χ2v) is 4.31. The Hall–Kier alpha value is -1.26. The van der Waals surface area contributed by atoms with Crippen molar-refractivity contribution in [2.45, 2.75) is 38.3 Å². The molecule has 0 radical (unpaired) electrons. The summed E-state index contributed by atoms with van der Waals surface area (Å²) >= 11 is 0. The summed E-state index contributed by atoms with van der Waals surface area (Å²) in [5.74, 6) is 1.48. The molecule has 1 aliphatic carbocycles. The van der Waals surface area contributed by atoms with E-state index >= 15 is 0 Å². The minimum absolute atomic E-state index is 0.281. The lowest BCUT2D eigenvalue weighted by Gasteiger charge is -2.18. The Balaban J connectivity index is 2.20. The van der Waals surface area contributed by atoms with Gasteiger partial charge in [0.2, 0.25) is 0 Å². The highest BCUT2D eigenvalue weighted by molar-refractivity contribution is 5.46. The number of nitrogens with one attached hydrogen (secondary N) is 1. The number of para-hydroxylation sites is 1. The molecule has 0 atom stereocenters. The first-order chi connectivity index (χ1) is 8.35. The minimum atomic E-state index is 0.281. The Bertz CT molecular complexity index is 362. The summed E-state index contributed by atoms with van der Waals surface area (Å²) in [5, 5.41) is 8.82. The van der Waals surface area contributed by atoms with Crippen LogP contribution in [-0.2, 0) is 6.54 Å². The van der Waals surface area contributed by atoms with Crippen LogP contribution in [0.2, 0.25) is 0 Å². The van der Waals surface area contributed by atoms with E-state index in [1.807, 2.05) is 18.2 Å². The molecule has 0 aliphatic heterocycles. The van der Waals surface area contributed by atoms with Gasteiger partial charge in [0, 0.05) is 12.1 Å². The van der Waals surface area contributed by atoms with Crippen LogP contribution in [0.3, 0.4) is 0 Å². The fraction of sp³-hybridized carbons (Fsp3) is 0.538. The van der Waals surface area contributed by atoms with E-state index in [1.165, 1.54) is 12.8 Å². The van der Waals surface area contributed by atoms with Crippen molar-refractivity contribution in [1.29, 1.82) is 0 Å². The molecule has 4 heteroatoms. The first-order valence-corrected chi connectivity index (χ1v) is 6.04. The maximum atomic E-state index is 8.82. The standard InChI is InChI=1S/C13H19NO3/c1-16-12-8-4-5-10(9-14-15)13(12)17-11-6-2-3-7-11/h4-5,8,11,14-15H,2-3,6-7,9H2,1H3. The van der Waals surface area contributed by atoms with Crippen molar-refractivity contribution >= 4 is 0 Å². The molecular formula is C13H19NO3. The molecule has 4 nitrogen and oxygen atoms in total. The van der Waals surface area contributed by atoms with Crippen LogP contribution in [0.15, 0.2) is 18.2 Å². The van der Waals surface area contributed by atoms with Gasteiger partial charge in [0.05, 0.1) is 13.2 Å². The molecule has 1 aliphatic rings. The quantitative estimate of drug-likeness (QED) is 0.772. The molecule has 1 saturated carbocycles. The Labute approximate surface area is 102 Å². The van der Waals surface area contributed by atoms with E-state index < -0.39 is 0 Å². The molecule has 0 saturated heterocycles. The summed E-state index contributed by atoms with van der Waals surface area (Å²) in [4.78, 5) is 0. The lowest BCUT2D eigenvalue weighted by atomic mass is 10.2. The molecule has 0 spiro atoms. The summed E-state index contributed by atoms with van der Waals surface area (Å²) in [5.41, 5.74) is 3.08. The van der Waals surface area contributed by atoms with Crippen LogP contribution in [0.1, 0.15) is 31.2 Å². The van der Waals surface area contributed by atoms with Crippen molar-refractivity contribution in [3.63, 3.8) is 0 Å². The lowest BCUT2D eigenvalue weighted by Crippen LogP contribution is -2.15. The Morgan fingerprint density at radius 1 is 1.35 bits per heavy atom. The smallest absolute Gasteiger partial charge is 0.166 e. The second-order valence-electron chi connectivity index (χ2n) is 4.31. The molecule has 0 unspecified atom stereocenters. The first kappa shape index (κ1) is 12.2. The van der Waals surface area contributed by atoms with Gasteiger partial charge in [-0.2, -0.15) is 0 Å². The first-order valence-electron chi connectivity index (χ1n) is 6.04. The van der Waals surface area contributed by atoms with Gasteiger partial charge in [-0.05, 0) is 31.7 Å². The number of benzene rings is 1. The summed E-state index contributed by atoms with van der Waals surface area (Å²) in [6.07, 6.45) is 4.94. The Morgan fingerprint density at radius 3 is 2.76 bits per heavy atom. The van der Waals surface area contributed by atoms with Crippen molar-refractivity contribution in [3.8, 4) is 11.5 Å². The third kappa shape index (κ3) is 2.90. The van der Waals surface area contributed by atoms with E-state index in [2.05, 4.69) is 5.48 Å². The van der Waals surface area contributed by atoms with E-state index in [1.54, 1.807) is 7.11 Å². The number of hydrogen-bond donors (Lipinski definition) is 2. The zero-order valence-electron chi connectivity index (χ0n) is 10.1. The fourth-order valence-corrected chi connectivity index (χ4v) is 2.25. The van der Waals surface area contributed by atoms with Gasteiger partial charge in [-0.1, -0.05) is 12.1 Å². The van der Waals surface area contributed by atoms with Crippen LogP contribution in [0.25, 0.3) is 0 Å². The van der Waals surface area contributed by atoms with Gasteiger partial charge in [0.1, 0.15) is 0 Å². The van der Waals surface area contributed by atoms with Crippen LogP contribution in [0.5, 0.6) is 11.5 Å². The number of hydrogen-bond acceptors (Lipinski definition) is 4. The van der Waals surface area contributed by atoms with Crippen molar-refractivity contribution in [3.05, 3.63) is 23.8 Å². The molecule has 1 fully saturated rings. The number of hydroxylamine groups is 1. The van der Waals surface area contributed by atoms with E-state index in [4.69, 9.17) is 14.7 Å². The number of methoxy groups -OCH3 is 1. The molecule has 17 heavy (non-hydrogen) atoms. The molecule has 0 aromatic heterocycles. The molecule has 2 rings (SSSR count). The van der Waals surface area contributed by atoms with Crippen LogP contribution < -0.4 is 15.0 Å². The lowest BCUT2D eigenvalue weighted by molar-refractivity contribution is 0.155. The Kier molecular flexibility index (Phi) is 4.23. The Morgan fingerprint density at radius 2 is 2.12 bits per heavy atom. The molecule has 0 bridgehead atoms. The fourth-order valence-electron chi connectivity index (χ4n) is 2.25. The van der Waals surface area contributed by atoms with Gasteiger partial charge < -0.3 is 14.7 Å². The van der Waals surface area contributed by atoms with Crippen LogP contribution in [0, 0.1) is 0 Å². The second kappa shape index (κ2) is 5.89. The van der Waals surface area contributed by atoms with Gasteiger partial charge in [0.15, 0.2) is 11.5 Å². The molecule has 1 aromatic rings. The van der Waals surface area contributed by atoms with E-state index in [0.717, 1.165) is 29.9 Å². The highest BCUT2D eigenvalue weighted by Crippen LogP contribution is 2.34. The minimum Gasteiger partial charge on any atom is -0.493 e. The van der Waals surface area contributed by atoms with Crippen LogP contribution in [-0.4, -0.2) is 18.4 Å². The molecular weight excluding hydrogens is 218 g/mol. The summed E-state index contributed by atoms with van der Waals surface area (Å²) in [7, 11) is 1.63. The topological polar surface area (TPSA) is 50.7 Å². The van der Waals surface area contributed by atoms with Crippen molar-refractivity contribution in [2.24, 2.45) is 0 Å². The zero-order valence-corrected chi connectivity index (χ0v) is 10.1. The molecule has 94 valence electrons. The van der Waals surface area contributed by atoms with Gasteiger partial charge in [-0.15, -0.1) is 0 Å². The number of rotatable bonds is 5.